The van der Waals surface area contributed by atoms with Gasteiger partial charge in [-0.3, -0.25) is 0 Å². The number of carbonyl (C=O) groups is 4. The van der Waals surface area contributed by atoms with Crippen LogP contribution in [-0.2, 0) is 22.6 Å². The Hall–Kier alpha value is -9.94. The minimum absolute atomic E-state index is 0.0339. The number of aromatic amines is 1. The molecule has 706 valence electrons. The van der Waals surface area contributed by atoms with Gasteiger partial charge in [-0.05, 0) is 268 Å². The lowest BCUT2D eigenvalue weighted by molar-refractivity contribution is -0.192. The number of rotatable bonds is 24. The summed E-state index contributed by atoms with van der Waals surface area (Å²) in [4.78, 5) is 64.0. The molecule has 6 aromatic carbocycles. The Morgan fingerprint density at radius 3 is 0.977 bits per heavy atom. The van der Waals surface area contributed by atoms with Gasteiger partial charge in [-0.25, -0.2) is 28.5 Å². The summed E-state index contributed by atoms with van der Waals surface area (Å²) >= 11 is 4.89. The summed E-state index contributed by atoms with van der Waals surface area (Å²) in [6.07, 6.45) is 12.2. The Morgan fingerprint density at radius 1 is 0.397 bits per heavy atom. The number of carbonyl (C=O) groups excluding carboxylic acids is 1. The Balaban J connectivity index is 0.000000148. The van der Waals surface area contributed by atoms with Crippen molar-refractivity contribution in [1.29, 1.82) is 0 Å². The predicted molar refractivity (Wildman–Crippen MR) is 509 cm³/mol. The third kappa shape index (κ3) is 28.3. The minimum Gasteiger partial charge on any atom is -0.497 e. The first-order valence-corrected chi connectivity index (χ1v) is 48.7. The highest BCUT2D eigenvalue weighted by molar-refractivity contribution is 8.00. The zero-order valence-electron chi connectivity index (χ0n) is 76.4. The molecule has 7 heterocycles. The van der Waals surface area contributed by atoms with Crippen molar-refractivity contribution in [3.05, 3.63) is 196 Å². The van der Waals surface area contributed by atoms with E-state index in [-0.39, 0.29) is 17.5 Å². The molecule has 0 unspecified atom stereocenters. The quantitative estimate of drug-likeness (QED) is 0.0351. The number of carboxylic acids is 3. The van der Waals surface area contributed by atoms with Crippen LogP contribution in [-0.4, -0.2) is 291 Å². The molecule has 0 spiro atoms. The summed E-state index contributed by atoms with van der Waals surface area (Å²) in [6, 6.07) is 52.4. The summed E-state index contributed by atoms with van der Waals surface area (Å²) in [5, 5.41) is 65.6. The third-order valence-electron chi connectivity index (χ3n) is 26.5. The first-order valence-electron chi connectivity index (χ1n) is 46.1. The van der Waals surface area contributed by atoms with Crippen LogP contribution in [0.2, 0.25) is 0 Å². The molecule has 28 nitrogen and oxygen atoms in total. The zero-order valence-corrected chi connectivity index (χ0v) is 78.8. The summed E-state index contributed by atoms with van der Waals surface area (Å²) in [5.74, 6) is -1.24. The van der Waals surface area contributed by atoms with Crippen molar-refractivity contribution >= 4 is 81.9 Å². The van der Waals surface area contributed by atoms with E-state index in [9.17, 15) is 37.8 Å². The van der Waals surface area contributed by atoms with Crippen LogP contribution in [0.4, 0.5) is 35.9 Å². The normalized spacial score (nSPS) is 21.9. The number of halogens is 3. The topological polar surface area (TPSA) is 306 Å². The van der Waals surface area contributed by atoms with Crippen molar-refractivity contribution in [3.8, 4) is 11.5 Å². The molecule has 3 aromatic heterocycles. The Morgan fingerprint density at radius 2 is 0.687 bits per heavy atom. The maximum Gasteiger partial charge on any atom is 0.490 e. The van der Waals surface area contributed by atoms with Crippen LogP contribution in [0, 0.1) is 0 Å². The van der Waals surface area contributed by atoms with Crippen LogP contribution in [0.25, 0.3) is 0 Å². The van der Waals surface area contributed by atoms with Crippen molar-refractivity contribution in [3.63, 3.8) is 0 Å². The van der Waals surface area contributed by atoms with Gasteiger partial charge < -0.3 is 73.8 Å². The molecular formula is C97H128F3N17O11S3. The zero-order chi connectivity index (χ0) is 92.5. The van der Waals surface area contributed by atoms with Gasteiger partial charge in [0.05, 0.1) is 40.0 Å². The molecule has 9 aromatic rings. The van der Waals surface area contributed by atoms with Gasteiger partial charge >= 0.3 is 30.1 Å². The van der Waals surface area contributed by atoms with E-state index in [1.807, 2.05) is 60.1 Å². The number of piperazine rings is 4. The van der Waals surface area contributed by atoms with Crippen LogP contribution in [0.15, 0.2) is 161 Å². The van der Waals surface area contributed by atoms with Gasteiger partial charge in [0.15, 0.2) is 5.03 Å². The monoisotopic (exact) mass is 1860 g/mol. The number of thioether (sulfide) groups is 3. The van der Waals surface area contributed by atoms with E-state index in [2.05, 4.69) is 200 Å². The smallest absolute Gasteiger partial charge is 0.490 e. The van der Waals surface area contributed by atoms with Crippen LogP contribution in [0.3, 0.4) is 0 Å². The number of hydrogen-bond acceptors (Lipinski definition) is 25. The second kappa shape index (κ2) is 48.1. The van der Waals surface area contributed by atoms with Gasteiger partial charge in [0, 0.05) is 143 Å². The molecule has 131 heavy (non-hydrogen) atoms. The Kier molecular flexibility index (Phi) is 36.2. The van der Waals surface area contributed by atoms with E-state index in [1.54, 1.807) is 54.2 Å². The highest BCUT2D eigenvalue weighted by atomic mass is 32.2. The molecule has 4 aliphatic heterocycles. The van der Waals surface area contributed by atoms with Gasteiger partial charge in [0.25, 0.3) is 0 Å². The van der Waals surface area contributed by atoms with Gasteiger partial charge in [-0.1, -0.05) is 95.0 Å². The molecule has 0 atom stereocenters. The molecule has 17 rings (SSSR count). The third-order valence-corrected chi connectivity index (χ3v) is 30.7. The number of aliphatic hydroxyl groups excluding tert-OH is 1. The lowest BCUT2D eigenvalue weighted by Crippen LogP contribution is -2.44. The Labute approximate surface area is 779 Å². The van der Waals surface area contributed by atoms with Crippen LogP contribution in [0.5, 0.6) is 11.5 Å². The van der Waals surface area contributed by atoms with Gasteiger partial charge in [0.1, 0.15) is 21.6 Å². The number of ether oxygens (including phenoxy) is 3. The molecule has 34 heteroatoms. The van der Waals surface area contributed by atoms with E-state index in [0.29, 0.717) is 74.9 Å². The number of aromatic carboxylic acids is 2. The number of anilines is 4. The van der Waals surface area contributed by atoms with E-state index >= 15 is 0 Å². The number of benzene rings is 6. The molecule has 0 amide bonds. The van der Waals surface area contributed by atoms with E-state index in [1.165, 1.54) is 45.0 Å². The number of esters is 1. The number of nitrogens with zero attached hydrogens (tertiary/aromatic N) is 16. The standard InChI is InChI=1S/C30H39N5O3S.C28H35N5O3S.C20H27N5O2S.C17H26N2O.C2HF3O2/c1-4-38-30(36)28-29(35(32-31-28)21-22-5-13-26(37-3)14-6-22)39-27-15-9-24(10-16-27)23-7-11-25(12-8-23)34-19-17-33(2)18-20-34;1-31-15-17-32(18-16-31)23-9-5-21(6-10-23)22-7-13-25(14-8-22)37-27-26(28(34)35)29-30-33(27)19-20-3-11-24(36-2)12-4-20;1-24-10-12-25(13-11-24)16-6-2-14(3-7-16)15-4-8-17(9-5-15)28-19-18(20(26)27)21-23-22-19;1-18-10-12-19(13-11-18)16-6-2-14(3-7-16)15-4-8-17(20)9-5-15;3-2(4,5)1(6)7/h5-8,11-14,24,27H,4,9-10,15-21H2,1-3H3;3-6,9-12,22,25H,7-8,13-19H2,1-2H3,(H,34,35);2-3,6-7,15,17H,4-5,8-13H2,1H3,(H,26,27)(H,21,22,23);2-3,6-7,15,17,20H,4-5,8-13H2,1H3;(H,6,7). The van der Waals surface area contributed by atoms with Gasteiger partial charge in [-0.2, -0.15) is 18.4 Å². The maximum absolute atomic E-state index is 12.7. The van der Waals surface area contributed by atoms with E-state index in [4.69, 9.17) is 29.2 Å². The number of aromatic nitrogens is 9. The molecule has 4 saturated carbocycles. The fourth-order valence-corrected chi connectivity index (χ4v) is 22.0. The molecule has 4 aliphatic carbocycles. The number of aliphatic hydroxyl groups is 1. The van der Waals surface area contributed by atoms with Gasteiger partial charge in [0.2, 0.25) is 17.1 Å². The number of carboxylic acid groups (broad SMARTS) is 3. The second-order valence-corrected chi connectivity index (χ2v) is 39.3. The maximum atomic E-state index is 12.7. The average Bonchev–Trinajstić information content (AvgIpc) is 1.75. The highest BCUT2D eigenvalue weighted by Gasteiger charge is 2.39. The first kappa shape index (κ1) is 98.6. The van der Waals surface area contributed by atoms with E-state index < -0.39 is 30.1 Å². The van der Waals surface area contributed by atoms with Crippen molar-refractivity contribution in [1.82, 2.24) is 65.0 Å². The van der Waals surface area contributed by atoms with Crippen molar-refractivity contribution in [2.75, 3.05) is 173 Å². The molecule has 0 bridgehead atoms. The van der Waals surface area contributed by atoms with Crippen molar-refractivity contribution < 1.29 is 67.0 Å². The SMILES string of the molecule is CCOC(=O)c1nnn(Cc2ccc(OC)cc2)c1SC1CCC(c2ccc(N3CCN(C)CC3)cc2)CC1.CN1CCN(c2ccc(C3CCC(O)CC3)cc2)CC1.CN1CCN(c2ccc(C3CCC(Sc4n[nH]nc4C(=O)O)CC3)cc2)CC1.COc1ccc(Cn2nnc(C(=O)O)c2SC2CCC(c3ccc(N4CCN(C)CC4)cc3)CC2)cc1.O=C(O)C(F)(F)F. The van der Waals surface area contributed by atoms with Crippen LogP contribution in [0.1, 0.15) is 198 Å². The second-order valence-electron chi connectivity index (χ2n) is 35.4. The summed E-state index contributed by atoms with van der Waals surface area (Å²) in [7, 11) is 12.0. The number of hydrogen-bond donors (Lipinski definition) is 5. The lowest BCUT2D eigenvalue weighted by Gasteiger charge is -2.34. The van der Waals surface area contributed by atoms with Crippen molar-refractivity contribution in [2.45, 2.75) is 190 Å². The summed E-state index contributed by atoms with van der Waals surface area (Å²) < 4.78 is 51.1. The van der Waals surface area contributed by atoms with Crippen molar-refractivity contribution in [2.24, 2.45) is 0 Å². The minimum atomic E-state index is -5.08. The highest BCUT2D eigenvalue weighted by Crippen LogP contribution is 2.45. The number of H-pyrrole nitrogens is 1. The molecule has 4 saturated heterocycles. The van der Waals surface area contributed by atoms with Gasteiger partial charge in [-0.15, -0.1) is 43.9 Å². The van der Waals surface area contributed by atoms with E-state index in [0.717, 1.165) is 235 Å². The predicted octanol–water partition coefficient (Wildman–Crippen LogP) is 15.8. The molecule has 8 aliphatic rings. The molecular weight excluding hydrogens is 1730 g/mol. The largest absolute Gasteiger partial charge is 0.497 e. The number of nitrogens with one attached hydrogen (secondary N) is 1. The summed E-state index contributed by atoms with van der Waals surface area (Å²) in [6.45, 7) is 21.0. The lowest BCUT2D eigenvalue weighted by atomic mass is 9.83. The Bertz CT molecular complexity index is 4970. The molecule has 5 N–H and O–H groups in total. The number of alkyl halides is 3. The number of methoxy groups -OCH3 is 2. The van der Waals surface area contributed by atoms with Crippen LogP contribution >= 0.6 is 35.3 Å². The van der Waals surface area contributed by atoms with Crippen LogP contribution < -0.4 is 29.1 Å². The molecule has 8 fully saturated rings. The number of aliphatic carboxylic acids is 1. The number of likely N-dealkylation sites (N-methyl/N-ethyl adjacent to an activating group) is 4. The summed E-state index contributed by atoms with van der Waals surface area (Å²) in [5.41, 5.74) is 13.6. The average molecular weight is 1860 g/mol. The first-order chi connectivity index (χ1) is 63.3. The fraction of sp³-hybridized carbons (Fsp3) is 0.526. The fourth-order valence-electron chi connectivity index (χ4n) is 18.3. The molecule has 0 radical (unpaired) electrons.